The molecule has 4 rings (SSSR count). The molecular formula is C20H23N3O3S. The Balaban J connectivity index is 1.62. The molecule has 27 heavy (non-hydrogen) atoms. The molecule has 0 spiro atoms. The molecule has 2 aliphatic rings. The van der Waals surface area contributed by atoms with Gasteiger partial charge >= 0.3 is 0 Å². The average Bonchev–Trinajstić information content (AvgIpc) is 3.46. The third-order valence-electron chi connectivity index (χ3n) is 4.96. The fourth-order valence-electron chi connectivity index (χ4n) is 3.37. The van der Waals surface area contributed by atoms with E-state index in [-0.39, 0.29) is 11.7 Å². The SMILES string of the molecule is CC(=O)c1sc(=Nc2ccc(C(=O)N3CCOCC3)cc2)n(C2CC2)c1C. The van der Waals surface area contributed by atoms with Gasteiger partial charge in [0.05, 0.1) is 23.8 Å². The van der Waals surface area contributed by atoms with Crippen LogP contribution in [0.4, 0.5) is 5.69 Å². The van der Waals surface area contributed by atoms with Crippen molar-refractivity contribution in [2.75, 3.05) is 26.3 Å². The Hall–Kier alpha value is -2.25. The lowest BCUT2D eigenvalue weighted by Gasteiger charge is -2.26. The van der Waals surface area contributed by atoms with Crippen LogP contribution in [0.1, 0.15) is 51.5 Å². The van der Waals surface area contributed by atoms with E-state index in [0.717, 1.165) is 33.9 Å². The van der Waals surface area contributed by atoms with Crippen LogP contribution in [-0.2, 0) is 4.74 Å². The van der Waals surface area contributed by atoms with E-state index in [0.29, 0.717) is 37.9 Å². The van der Waals surface area contributed by atoms with Crippen molar-refractivity contribution in [1.82, 2.24) is 9.47 Å². The fraction of sp³-hybridized carbons (Fsp3) is 0.450. The summed E-state index contributed by atoms with van der Waals surface area (Å²) >= 11 is 1.45. The number of hydrogen-bond acceptors (Lipinski definition) is 5. The number of thiazole rings is 1. The molecule has 142 valence electrons. The van der Waals surface area contributed by atoms with Crippen molar-refractivity contribution >= 4 is 28.7 Å². The number of nitrogens with zero attached hydrogens (tertiary/aromatic N) is 3. The first-order chi connectivity index (χ1) is 13.0. The van der Waals surface area contributed by atoms with Crippen LogP contribution in [0, 0.1) is 6.92 Å². The number of carbonyl (C=O) groups excluding carboxylic acids is 2. The Morgan fingerprint density at radius 1 is 1.15 bits per heavy atom. The Bertz CT molecular complexity index is 932. The summed E-state index contributed by atoms with van der Waals surface area (Å²) in [6, 6.07) is 7.84. The first-order valence-electron chi connectivity index (χ1n) is 9.29. The quantitative estimate of drug-likeness (QED) is 0.760. The van der Waals surface area contributed by atoms with E-state index < -0.39 is 0 Å². The zero-order chi connectivity index (χ0) is 19.0. The molecule has 1 aliphatic carbocycles. The average molecular weight is 385 g/mol. The van der Waals surface area contributed by atoms with Gasteiger partial charge in [0.2, 0.25) is 0 Å². The van der Waals surface area contributed by atoms with Crippen molar-refractivity contribution in [2.24, 2.45) is 4.99 Å². The van der Waals surface area contributed by atoms with Crippen LogP contribution in [-0.4, -0.2) is 47.5 Å². The first kappa shape index (κ1) is 18.1. The van der Waals surface area contributed by atoms with Gasteiger partial charge in [-0.25, -0.2) is 4.99 Å². The topological polar surface area (TPSA) is 63.9 Å². The summed E-state index contributed by atoms with van der Waals surface area (Å²) in [7, 11) is 0. The molecule has 2 heterocycles. The number of rotatable bonds is 4. The number of Topliss-reactive ketones (excluding diaryl/α,β-unsaturated/α-hetero) is 1. The van der Waals surface area contributed by atoms with Gasteiger partial charge in [-0.05, 0) is 44.0 Å². The molecule has 1 aromatic carbocycles. The van der Waals surface area contributed by atoms with E-state index in [1.807, 2.05) is 36.1 Å². The third-order valence-corrected chi connectivity index (χ3v) is 6.22. The van der Waals surface area contributed by atoms with Crippen LogP contribution in [0.15, 0.2) is 29.3 Å². The third kappa shape index (κ3) is 3.75. The van der Waals surface area contributed by atoms with Gasteiger partial charge in [-0.3, -0.25) is 9.59 Å². The maximum atomic E-state index is 12.5. The van der Waals surface area contributed by atoms with Gasteiger partial charge in [0, 0.05) is 37.3 Å². The summed E-state index contributed by atoms with van der Waals surface area (Å²) in [4.78, 5) is 32.7. The Morgan fingerprint density at radius 2 is 1.81 bits per heavy atom. The Morgan fingerprint density at radius 3 is 2.41 bits per heavy atom. The highest BCUT2D eigenvalue weighted by Gasteiger charge is 2.28. The minimum Gasteiger partial charge on any atom is -0.378 e. The van der Waals surface area contributed by atoms with Crippen molar-refractivity contribution in [3.63, 3.8) is 0 Å². The van der Waals surface area contributed by atoms with Crippen LogP contribution in [0.25, 0.3) is 0 Å². The van der Waals surface area contributed by atoms with E-state index in [9.17, 15) is 9.59 Å². The normalized spacial score (nSPS) is 18.0. The van der Waals surface area contributed by atoms with Crippen molar-refractivity contribution in [3.8, 4) is 0 Å². The standard InChI is InChI=1S/C20H23N3O3S/c1-13-18(14(2)24)27-20(23(13)17-7-8-17)21-16-5-3-15(4-6-16)19(25)22-9-11-26-12-10-22/h3-6,17H,7-12H2,1-2H3. The summed E-state index contributed by atoms with van der Waals surface area (Å²) in [6.07, 6.45) is 2.27. The number of ether oxygens (including phenoxy) is 1. The van der Waals surface area contributed by atoms with E-state index >= 15 is 0 Å². The lowest BCUT2D eigenvalue weighted by molar-refractivity contribution is 0.0303. The molecule has 1 aromatic heterocycles. The van der Waals surface area contributed by atoms with Gasteiger partial charge in [0.25, 0.3) is 5.91 Å². The first-order valence-corrected chi connectivity index (χ1v) is 10.1. The van der Waals surface area contributed by atoms with Crippen LogP contribution in [0.3, 0.4) is 0 Å². The number of hydrogen-bond donors (Lipinski definition) is 0. The zero-order valence-electron chi connectivity index (χ0n) is 15.6. The zero-order valence-corrected chi connectivity index (χ0v) is 16.4. The lowest BCUT2D eigenvalue weighted by atomic mass is 10.2. The Kier molecular flexibility index (Phi) is 4.97. The number of carbonyl (C=O) groups is 2. The maximum absolute atomic E-state index is 12.5. The number of ketones is 1. The van der Waals surface area contributed by atoms with Gasteiger partial charge < -0.3 is 14.2 Å². The van der Waals surface area contributed by atoms with Gasteiger partial charge in [-0.15, -0.1) is 0 Å². The minimum atomic E-state index is 0.0312. The smallest absolute Gasteiger partial charge is 0.254 e. The molecule has 7 heteroatoms. The Labute approximate surface area is 162 Å². The van der Waals surface area contributed by atoms with Crippen LogP contribution >= 0.6 is 11.3 Å². The van der Waals surface area contributed by atoms with E-state index in [1.54, 1.807) is 6.92 Å². The molecule has 1 saturated heterocycles. The summed E-state index contributed by atoms with van der Waals surface area (Å²) < 4.78 is 7.49. The van der Waals surface area contributed by atoms with Crippen molar-refractivity contribution in [1.29, 1.82) is 0 Å². The summed E-state index contributed by atoms with van der Waals surface area (Å²) in [5, 5.41) is 0. The van der Waals surface area contributed by atoms with Crippen LogP contribution in [0.2, 0.25) is 0 Å². The largest absolute Gasteiger partial charge is 0.378 e. The van der Waals surface area contributed by atoms with E-state index in [4.69, 9.17) is 9.73 Å². The van der Waals surface area contributed by atoms with Gasteiger partial charge in [0.1, 0.15) is 0 Å². The second kappa shape index (κ2) is 7.40. The van der Waals surface area contributed by atoms with Crippen LogP contribution in [0.5, 0.6) is 0 Å². The van der Waals surface area contributed by atoms with Crippen LogP contribution < -0.4 is 4.80 Å². The highest BCUT2D eigenvalue weighted by Crippen LogP contribution is 2.36. The second-order valence-electron chi connectivity index (χ2n) is 7.02. The van der Waals surface area contributed by atoms with Gasteiger partial charge in [-0.1, -0.05) is 11.3 Å². The molecular weight excluding hydrogens is 362 g/mol. The monoisotopic (exact) mass is 385 g/mol. The fourth-order valence-corrected chi connectivity index (χ4v) is 4.48. The highest BCUT2D eigenvalue weighted by molar-refractivity contribution is 7.11. The molecule has 1 amide bonds. The maximum Gasteiger partial charge on any atom is 0.254 e. The predicted octanol–water partition coefficient (Wildman–Crippen LogP) is 3.10. The summed E-state index contributed by atoms with van der Waals surface area (Å²) in [6.45, 7) is 6.05. The van der Waals surface area contributed by atoms with E-state index in [2.05, 4.69) is 4.57 Å². The van der Waals surface area contributed by atoms with Crippen molar-refractivity contribution < 1.29 is 14.3 Å². The molecule has 1 saturated carbocycles. The summed E-state index contributed by atoms with van der Waals surface area (Å²) in [5.74, 6) is 0.114. The van der Waals surface area contributed by atoms with Gasteiger partial charge in [0.15, 0.2) is 10.6 Å². The van der Waals surface area contributed by atoms with Gasteiger partial charge in [-0.2, -0.15) is 0 Å². The lowest BCUT2D eigenvalue weighted by Crippen LogP contribution is -2.40. The number of aromatic nitrogens is 1. The molecule has 0 bridgehead atoms. The minimum absolute atomic E-state index is 0.0312. The molecule has 1 aliphatic heterocycles. The molecule has 2 fully saturated rings. The molecule has 0 atom stereocenters. The van der Waals surface area contributed by atoms with Crippen molar-refractivity contribution in [3.05, 3.63) is 45.2 Å². The predicted molar refractivity (Wildman–Crippen MR) is 104 cm³/mol. The second-order valence-corrected chi connectivity index (χ2v) is 8.00. The molecule has 0 radical (unpaired) electrons. The van der Waals surface area contributed by atoms with E-state index in [1.165, 1.54) is 11.3 Å². The molecule has 6 nitrogen and oxygen atoms in total. The number of amides is 1. The highest BCUT2D eigenvalue weighted by atomic mass is 32.1. The molecule has 0 unspecified atom stereocenters. The van der Waals surface area contributed by atoms with Crippen molar-refractivity contribution in [2.45, 2.75) is 32.7 Å². The summed E-state index contributed by atoms with van der Waals surface area (Å²) in [5.41, 5.74) is 2.46. The number of benzene rings is 1. The number of morpholine rings is 1. The molecule has 0 N–H and O–H groups in total. The molecule has 2 aromatic rings.